The summed E-state index contributed by atoms with van der Waals surface area (Å²) < 4.78 is 0. The summed E-state index contributed by atoms with van der Waals surface area (Å²) in [6.45, 7) is 3.91. The molecule has 0 heterocycles. The third-order valence-corrected chi connectivity index (χ3v) is 3.01. The van der Waals surface area contributed by atoms with Gasteiger partial charge in [-0.3, -0.25) is 4.79 Å². The number of rotatable bonds is 3. The topological polar surface area (TPSA) is 17.1 Å². The van der Waals surface area contributed by atoms with Crippen LogP contribution in [0.4, 0.5) is 0 Å². The lowest BCUT2D eigenvalue weighted by Crippen LogP contribution is -2.00. The molecule has 1 rings (SSSR count). The van der Waals surface area contributed by atoms with Crippen molar-refractivity contribution in [2.24, 2.45) is 0 Å². The van der Waals surface area contributed by atoms with Crippen LogP contribution in [0.25, 0.3) is 0 Å². The van der Waals surface area contributed by atoms with E-state index in [0.717, 1.165) is 11.1 Å². The largest absolute Gasteiger partial charge is 0.294 e. The van der Waals surface area contributed by atoms with E-state index in [1.807, 2.05) is 38.3 Å². The molecule has 1 nitrogen and oxygen atoms in total. The van der Waals surface area contributed by atoms with Crippen LogP contribution in [-0.4, -0.2) is 12.0 Å². The number of hydrogen-bond acceptors (Lipinski definition) is 2. The average molecular weight is 194 g/mol. The number of carbonyl (C=O) groups is 1. The highest BCUT2D eigenvalue weighted by Crippen LogP contribution is 2.23. The molecule has 0 spiro atoms. The second-order valence-corrected chi connectivity index (χ2v) is 3.76. The Balaban J connectivity index is 3.15. The third-order valence-electron chi connectivity index (χ3n) is 2.13. The normalized spacial score (nSPS) is 10.1. The van der Waals surface area contributed by atoms with E-state index in [1.54, 1.807) is 11.8 Å². The van der Waals surface area contributed by atoms with E-state index in [0.29, 0.717) is 6.42 Å². The zero-order valence-corrected chi connectivity index (χ0v) is 9.07. The van der Waals surface area contributed by atoms with Crippen molar-refractivity contribution in [3.8, 4) is 0 Å². The van der Waals surface area contributed by atoms with E-state index in [1.165, 1.54) is 4.90 Å². The molecular weight excluding hydrogens is 180 g/mol. The van der Waals surface area contributed by atoms with Crippen LogP contribution in [0.2, 0.25) is 0 Å². The van der Waals surface area contributed by atoms with Gasteiger partial charge in [-0.25, -0.2) is 0 Å². The van der Waals surface area contributed by atoms with E-state index in [2.05, 4.69) is 0 Å². The zero-order valence-electron chi connectivity index (χ0n) is 8.26. The summed E-state index contributed by atoms with van der Waals surface area (Å²) in [4.78, 5) is 12.7. The van der Waals surface area contributed by atoms with Gasteiger partial charge in [-0.15, -0.1) is 11.8 Å². The van der Waals surface area contributed by atoms with E-state index in [-0.39, 0.29) is 5.78 Å². The summed E-state index contributed by atoms with van der Waals surface area (Å²) in [5, 5.41) is 0. The quantitative estimate of drug-likeness (QED) is 0.542. The Labute approximate surface area is 83.5 Å². The van der Waals surface area contributed by atoms with Crippen LogP contribution in [0.15, 0.2) is 23.1 Å². The standard InChI is InChI=1S/C11H14OS/c1-4-10(12)9-6-5-7-11(13-3)8(9)2/h5-7H,4H2,1-3H3. The van der Waals surface area contributed by atoms with Crippen LogP contribution < -0.4 is 0 Å². The van der Waals surface area contributed by atoms with Crippen LogP contribution in [0.3, 0.4) is 0 Å². The molecule has 0 radical (unpaired) electrons. The van der Waals surface area contributed by atoms with Crippen LogP contribution in [-0.2, 0) is 0 Å². The molecule has 0 aliphatic rings. The van der Waals surface area contributed by atoms with Gasteiger partial charge in [-0.2, -0.15) is 0 Å². The second-order valence-electron chi connectivity index (χ2n) is 2.91. The van der Waals surface area contributed by atoms with Crippen LogP contribution in [0, 0.1) is 6.92 Å². The first-order valence-electron chi connectivity index (χ1n) is 4.37. The Morgan fingerprint density at radius 2 is 2.15 bits per heavy atom. The van der Waals surface area contributed by atoms with Gasteiger partial charge in [-0.1, -0.05) is 19.1 Å². The Hall–Kier alpha value is -0.760. The first-order valence-corrected chi connectivity index (χ1v) is 5.60. The van der Waals surface area contributed by atoms with E-state index >= 15 is 0 Å². The molecule has 70 valence electrons. The molecule has 2 heteroatoms. The number of benzene rings is 1. The van der Waals surface area contributed by atoms with Gasteiger partial charge in [0, 0.05) is 16.9 Å². The molecule has 0 amide bonds. The number of carbonyl (C=O) groups excluding carboxylic acids is 1. The van der Waals surface area contributed by atoms with Crippen molar-refractivity contribution in [2.45, 2.75) is 25.2 Å². The summed E-state index contributed by atoms with van der Waals surface area (Å²) >= 11 is 1.69. The minimum absolute atomic E-state index is 0.230. The van der Waals surface area contributed by atoms with Crippen molar-refractivity contribution < 1.29 is 4.79 Å². The van der Waals surface area contributed by atoms with Gasteiger partial charge in [0.1, 0.15) is 0 Å². The predicted molar refractivity (Wildman–Crippen MR) is 57.6 cm³/mol. The van der Waals surface area contributed by atoms with E-state index in [4.69, 9.17) is 0 Å². The fourth-order valence-corrected chi connectivity index (χ4v) is 1.96. The van der Waals surface area contributed by atoms with Gasteiger partial charge in [0.05, 0.1) is 0 Å². The highest BCUT2D eigenvalue weighted by atomic mass is 32.2. The third kappa shape index (κ3) is 2.13. The minimum atomic E-state index is 0.230. The lowest BCUT2D eigenvalue weighted by molar-refractivity contribution is 0.0987. The minimum Gasteiger partial charge on any atom is -0.294 e. The summed E-state index contributed by atoms with van der Waals surface area (Å²) in [6.07, 6.45) is 2.61. The average Bonchev–Trinajstić information content (AvgIpc) is 2.17. The molecule has 0 unspecified atom stereocenters. The fraction of sp³-hybridized carbons (Fsp3) is 0.364. The summed E-state index contributed by atoms with van der Waals surface area (Å²) in [7, 11) is 0. The Morgan fingerprint density at radius 1 is 1.46 bits per heavy atom. The molecule has 0 aromatic heterocycles. The van der Waals surface area contributed by atoms with Crippen molar-refractivity contribution >= 4 is 17.5 Å². The molecule has 0 aliphatic heterocycles. The molecule has 13 heavy (non-hydrogen) atoms. The Bertz CT molecular complexity index is 318. The highest BCUT2D eigenvalue weighted by molar-refractivity contribution is 7.98. The maximum absolute atomic E-state index is 11.5. The summed E-state index contributed by atoms with van der Waals surface area (Å²) in [5.41, 5.74) is 1.98. The first kappa shape index (κ1) is 10.3. The van der Waals surface area contributed by atoms with Gasteiger partial charge in [0.15, 0.2) is 5.78 Å². The van der Waals surface area contributed by atoms with Crippen molar-refractivity contribution in [1.29, 1.82) is 0 Å². The maximum Gasteiger partial charge on any atom is 0.162 e. The lowest BCUT2D eigenvalue weighted by atomic mass is 10.0. The summed E-state index contributed by atoms with van der Waals surface area (Å²) in [6, 6.07) is 5.90. The molecule has 0 saturated carbocycles. The van der Waals surface area contributed by atoms with E-state index < -0.39 is 0 Å². The van der Waals surface area contributed by atoms with Gasteiger partial charge in [-0.05, 0) is 24.8 Å². The molecular formula is C11H14OS. The molecule has 0 bridgehead atoms. The van der Waals surface area contributed by atoms with Gasteiger partial charge >= 0.3 is 0 Å². The smallest absolute Gasteiger partial charge is 0.162 e. The number of Topliss-reactive ketones (excluding diaryl/α,β-unsaturated/α-hetero) is 1. The predicted octanol–water partition coefficient (Wildman–Crippen LogP) is 3.31. The molecule has 1 aromatic carbocycles. The number of thioether (sulfide) groups is 1. The fourth-order valence-electron chi connectivity index (χ4n) is 1.33. The number of ketones is 1. The van der Waals surface area contributed by atoms with Crippen molar-refractivity contribution in [3.05, 3.63) is 29.3 Å². The van der Waals surface area contributed by atoms with Crippen molar-refractivity contribution in [2.75, 3.05) is 6.26 Å². The lowest BCUT2D eigenvalue weighted by Gasteiger charge is -2.06. The second kappa shape index (κ2) is 4.47. The first-order chi connectivity index (χ1) is 6.20. The molecule has 0 atom stereocenters. The molecule has 0 saturated heterocycles. The van der Waals surface area contributed by atoms with Gasteiger partial charge < -0.3 is 0 Å². The monoisotopic (exact) mass is 194 g/mol. The van der Waals surface area contributed by atoms with Gasteiger partial charge in [0.2, 0.25) is 0 Å². The number of hydrogen-bond donors (Lipinski definition) is 0. The summed E-state index contributed by atoms with van der Waals surface area (Å²) in [5.74, 6) is 0.230. The maximum atomic E-state index is 11.5. The molecule has 0 N–H and O–H groups in total. The SMILES string of the molecule is CCC(=O)c1cccc(SC)c1C. The molecule has 0 fully saturated rings. The molecule has 1 aromatic rings. The van der Waals surface area contributed by atoms with E-state index in [9.17, 15) is 4.79 Å². The highest BCUT2D eigenvalue weighted by Gasteiger charge is 2.08. The van der Waals surface area contributed by atoms with Crippen LogP contribution >= 0.6 is 11.8 Å². The Kier molecular flexibility index (Phi) is 3.55. The molecule has 0 aliphatic carbocycles. The van der Waals surface area contributed by atoms with Crippen LogP contribution in [0.1, 0.15) is 29.3 Å². The zero-order chi connectivity index (χ0) is 9.84. The van der Waals surface area contributed by atoms with Gasteiger partial charge in [0.25, 0.3) is 0 Å². The van der Waals surface area contributed by atoms with Crippen molar-refractivity contribution in [3.63, 3.8) is 0 Å². The van der Waals surface area contributed by atoms with Crippen molar-refractivity contribution in [1.82, 2.24) is 0 Å². The van der Waals surface area contributed by atoms with Crippen LogP contribution in [0.5, 0.6) is 0 Å². The Morgan fingerprint density at radius 3 is 2.69 bits per heavy atom.